The van der Waals surface area contributed by atoms with Gasteiger partial charge in [-0.2, -0.15) is 28.3 Å². The first-order valence-electron chi connectivity index (χ1n) is 9.50. The van der Waals surface area contributed by atoms with E-state index >= 15 is 0 Å². The highest BCUT2D eigenvalue weighted by molar-refractivity contribution is 8.27. The molecule has 6 nitrogen and oxygen atoms in total. The van der Waals surface area contributed by atoms with Crippen LogP contribution in [0.2, 0.25) is 0 Å². The summed E-state index contributed by atoms with van der Waals surface area (Å²) in [7, 11) is 0. The van der Waals surface area contributed by atoms with Crippen LogP contribution in [0.25, 0.3) is 17.0 Å². The Hall–Kier alpha value is -3.66. The molecule has 2 aliphatic heterocycles. The van der Waals surface area contributed by atoms with E-state index in [0.29, 0.717) is 12.1 Å². The van der Waals surface area contributed by atoms with Crippen LogP contribution >= 0.6 is 11.8 Å². The number of amides is 1. The Morgan fingerprint density at radius 1 is 1.06 bits per heavy atom. The lowest BCUT2D eigenvalue weighted by Gasteiger charge is -2.20. The second-order valence-electron chi connectivity index (χ2n) is 7.14. The number of aromatic nitrogens is 1. The molecular formula is C22H14F3N5OS. The first-order valence-corrected chi connectivity index (χ1v) is 10.3. The molecule has 0 saturated heterocycles. The molecule has 10 heteroatoms. The Balaban J connectivity index is 1.56. The third-order valence-electron chi connectivity index (χ3n) is 5.01. The zero-order chi connectivity index (χ0) is 22.5. The normalized spacial score (nSPS) is 17.7. The van der Waals surface area contributed by atoms with Crippen LogP contribution in [-0.4, -0.2) is 37.7 Å². The zero-order valence-electron chi connectivity index (χ0n) is 16.3. The first-order chi connectivity index (χ1) is 15.3. The third kappa shape index (κ3) is 3.52. The van der Waals surface area contributed by atoms with E-state index in [0.717, 1.165) is 21.5 Å². The molecule has 5 rings (SSSR count). The number of carbonyl (C=O) groups is 1. The van der Waals surface area contributed by atoms with Crippen molar-refractivity contribution >= 4 is 50.7 Å². The number of halogens is 3. The van der Waals surface area contributed by atoms with E-state index in [1.807, 2.05) is 65.4 Å². The van der Waals surface area contributed by atoms with Gasteiger partial charge in [0.1, 0.15) is 0 Å². The number of fused-ring (bicyclic) bond motifs is 2. The summed E-state index contributed by atoms with van der Waals surface area (Å²) in [6, 6.07) is 17.4. The van der Waals surface area contributed by atoms with Crippen LogP contribution in [0.1, 0.15) is 11.1 Å². The number of carbonyl (C=O) groups excluding carboxylic acids is 1. The van der Waals surface area contributed by atoms with E-state index in [1.165, 1.54) is 6.08 Å². The fourth-order valence-electron chi connectivity index (χ4n) is 3.56. The SMILES string of the molecule is N=C1/C(=C\c2cn(Cc3ccccc3)c3ccccc23)C(=O)N=C2SC(C(F)(F)F)=NN12. The molecule has 160 valence electrons. The quantitative estimate of drug-likeness (QED) is 0.575. The number of amidine groups is 2. The largest absolute Gasteiger partial charge is 0.441 e. The highest BCUT2D eigenvalue weighted by Gasteiger charge is 2.46. The van der Waals surface area contributed by atoms with Crippen LogP contribution < -0.4 is 0 Å². The van der Waals surface area contributed by atoms with E-state index < -0.39 is 23.0 Å². The summed E-state index contributed by atoms with van der Waals surface area (Å²) in [6.07, 6.45) is -1.34. The van der Waals surface area contributed by atoms with Crippen LogP contribution in [0.4, 0.5) is 13.2 Å². The number of hydrazone groups is 1. The minimum absolute atomic E-state index is 0.121. The van der Waals surface area contributed by atoms with Crippen molar-refractivity contribution in [3.8, 4) is 0 Å². The van der Waals surface area contributed by atoms with Crippen molar-refractivity contribution in [1.29, 1.82) is 5.41 Å². The third-order valence-corrected chi connectivity index (χ3v) is 5.97. The van der Waals surface area contributed by atoms with Gasteiger partial charge in [-0.25, -0.2) is 0 Å². The van der Waals surface area contributed by atoms with Gasteiger partial charge in [-0.3, -0.25) is 10.2 Å². The Bertz CT molecular complexity index is 1350. The maximum absolute atomic E-state index is 13.0. The predicted molar refractivity (Wildman–Crippen MR) is 119 cm³/mol. The van der Waals surface area contributed by atoms with Gasteiger partial charge in [0.2, 0.25) is 10.2 Å². The summed E-state index contributed by atoms with van der Waals surface area (Å²) in [5.41, 5.74) is 2.56. The van der Waals surface area contributed by atoms with Crippen molar-refractivity contribution in [2.75, 3.05) is 0 Å². The fraction of sp³-hybridized carbons (Fsp3) is 0.0909. The molecule has 32 heavy (non-hydrogen) atoms. The van der Waals surface area contributed by atoms with Gasteiger partial charge < -0.3 is 4.57 Å². The van der Waals surface area contributed by atoms with Crippen LogP contribution in [0.15, 0.2) is 76.5 Å². The summed E-state index contributed by atoms with van der Waals surface area (Å²) in [6.45, 7) is 0.597. The molecule has 2 aliphatic rings. The molecule has 0 aliphatic carbocycles. The predicted octanol–water partition coefficient (Wildman–Crippen LogP) is 4.87. The van der Waals surface area contributed by atoms with Gasteiger partial charge in [0.05, 0.1) is 5.57 Å². The first kappa shape index (κ1) is 20.3. The summed E-state index contributed by atoms with van der Waals surface area (Å²) in [4.78, 5) is 16.3. The smallest absolute Gasteiger partial charge is 0.342 e. The van der Waals surface area contributed by atoms with Crippen molar-refractivity contribution in [2.45, 2.75) is 12.7 Å². The van der Waals surface area contributed by atoms with Crippen LogP contribution in [0.5, 0.6) is 0 Å². The van der Waals surface area contributed by atoms with Crippen LogP contribution in [0, 0.1) is 5.41 Å². The molecule has 1 N–H and O–H groups in total. The highest BCUT2D eigenvalue weighted by atomic mass is 32.2. The van der Waals surface area contributed by atoms with E-state index in [9.17, 15) is 18.0 Å². The van der Waals surface area contributed by atoms with E-state index in [4.69, 9.17) is 5.41 Å². The number of aliphatic imine (C=N–C) groups is 1. The van der Waals surface area contributed by atoms with Crippen LogP contribution in [-0.2, 0) is 11.3 Å². The number of hydrogen-bond donors (Lipinski definition) is 1. The highest BCUT2D eigenvalue weighted by Crippen LogP contribution is 2.35. The van der Waals surface area contributed by atoms with Gasteiger partial charge in [0.25, 0.3) is 5.91 Å². The molecule has 3 aromatic rings. The average Bonchev–Trinajstić information content (AvgIpc) is 3.34. The molecule has 2 aromatic carbocycles. The zero-order valence-corrected chi connectivity index (χ0v) is 17.1. The van der Waals surface area contributed by atoms with E-state index in [-0.39, 0.29) is 22.5 Å². The van der Waals surface area contributed by atoms with Gasteiger partial charge in [-0.1, -0.05) is 48.5 Å². The number of alkyl halides is 3. The monoisotopic (exact) mass is 453 g/mol. The van der Waals surface area contributed by atoms with Crippen molar-refractivity contribution in [2.24, 2.45) is 10.1 Å². The lowest BCUT2D eigenvalue weighted by Crippen LogP contribution is -2.35. The number of nitrogens with one attached hydrogen (secondary N) is 1. The number of thioether (sulfide) groups is 1. The number of hydrogen-bond acceptors (Lipinski definition) is 4. The number of benzene rings is 2. The molecule has 3 heterocycles. The summed E-state index contributed by atoms with van der Waals surface area (Å²) in [5, 5.41) is 11.9. The maximum Gasteiger partial charge on any atom is 0.441 e. The fourth-order valence-corrected chi connectivity index (χ4v) is 4.32. The number of para-hydroxylation sites is 1. The lowest BCUT2D eigenvalue weighted by molar-refractivity contribution is -0.114. The number of rotatable bonds is 3. The average molecular weight is 453 g/mol. The topological polar surface area (TPSA) is 73.8 Å². The molecule has 1 aromatic heterocycles. The van der Waals surface area contributed by atoms with Gasteiger partial charge in [-0.05, 0) is 29.5 Å². The molecule has 0 bridgehead atoms. The second-order valence-corrected chi connectivity index (χ2v) is 8.09. The molecule has 0 atom stereocenters. The van der Waals surface area contributed by atoms with Gasteiger partial charge in [-0.15, -0.1) is 0 Å². The summed E-state index contributed by atoms with van der Waals surface area (Å²) in [5.74, 6) is -1.21. The van der Waals surface area contributed by atoms with Crippen molar-refractivity contribution < 1.29 is 18.0 Å². The number of nitrogens with zero attached hydrogens (tertiary/aromatic N) is 4. The molecule has 1 amide bonds. The standard InChI is InChI=1S/C22H14F3N5OS/c23-22(24,25)20-28-30-18(26)16(19(31)27-21(30)32-20)10-14-12-29(11-13-6-2-1-3-7-13)17-9-5-4-8-15(14)17/h1-10,12,26H,11H2/b16-10+,26-18?. The summed E-state index contributed by atoms with van der Waals surface area (Å²) < 4.78 is 41.1. The molecular weight excluding hydrogens is 439 g/mol. The lowest BCUT2D eigenvalue weighted by atomic mass is 10.1. The van der Waals surface area contributed by atoms with E-state index in [1.54, 1.807) is 0 Å². The van der Waals surface area contributed by atoms with Gasteiger partial charge in [0, 0.05) is 29.2 Å². The molecule has 0 unspecified atom stereocenters. The minimum atomic E-state index is -4.68. The Labute approximate surface area is 184 Å². The Morgan fingerprint density at radius 3 is 2.53 bits per heavy atom. The molecule has 0 fully saturated rings. The van der Waals surface area contributed by atoms with Crippen molar-refractivity contribution in [1.82, 2.24) is 9.58 Å². The van der Waals surface area contributed by atoms with Gasteiger partial charge >= 0.3 is 6.18 Å². The van der Waals surface area contributed by atoms with Gasteiger partial charge in [0.15, 0.2) is 5.84 Å². The van der Waals surface area contributed by atoms with Crippen molar-refractivity contribution in [3.05, 3.63) is 77.5 Å². The van der Waals surface area contributed by atoms with Crippen molar-refractivity contribution in [3.63, 3.8) is 0 Å². The Kier molecular flexibility index (Phi) is 4.74. The van der Waals surface area contributed by atoms with E-state index in [2.05, 4.69) is 10.1 Å². The van der Waals surface area contributed by atoms with Crippen LogP contribution in [0.3, 0.4) is 0 Å². The Morgan fingerprint density at radius 2 is 1.78 bits per heavy atom. The molecule has 0 radical (unpaired) electrons. The maximum atomic E-state index is 13.0. The minimum Gasteiger partial charge on any atom is -0.342 e. The molecule has 0 saturated carbocycles. The summed E-state index contributed by atoms with van der Waals surface area (Å²) >= 11 is 0.233. The molecule has 0 spiro atoms. The second kappa shape index (κ2) is 7.49.